The lowest BCUT2D eigenvalue weighted by atomic mass is 10.2. The van der Waals surface area contributed by atoms with Crippen LogP contribution in [0.2, 0.25) is 5.02 Å². The molecule has 0 bridgehead atoms. The van der Waals surface area contributed by atoms with Gasteiger partial charge in [0.15, 0.2) is 5.75 Å². The summed E-state index contributed by atoms with van der Waals surface area (Å²) >= 11 is 9.04. The highest BCUT2D eigenvalue weighted by Crippen LogP contribution is 2.36. The number of hydrogen-bond donors (Lipinski definition) is 1. The molecule has 5 heteroatoms. The van der Waals surface area contributed by atoms with Crippen LogP contribution >= 0.6 is 27.5 Å². The monoisotopic (exact) mass is 324 g/mol. The number of nitrogens with zero attached hydrogens (tertiary/aromatic N) is 2. The fourth-order valence-corrected chi connectivity index (χ4v) is 2.10. The van der Waals surface area contributed by atoms with Crippen LogP contribution in [0.5, 0.6) is 5.75 Å². The van der Waals surface area contributed by atoms with Crippen LogP contribution in [0, 0.1) is 6.92 Å². The van der Waals surface area contributed by atoms with Crippen molar-refractivity contribution in [1.29, 1.82) is 0 Å². The third kappa shape index (κ3) is 3.09. The van der Waals surface area contributed by atoms with Gasteiger partial charge in [-0.15, -0.1) is 5.11 Å². The van der Waals surface area contributed by atoms with Crippen LogP contribution < -0.4 is 0 Å². The molecule has 2 aromatic carbocycles. The molecule has 18 heavy (non-hydrogen) atoms. The third-order valence-electron chi connectivity index (χ3n) is 2.29. The highest BCUT2D eigenvalue weighted by molar-refractivity contribution is 9.10. The first-order valence-corrected chi connectivity index (χ1v) is 6.40. The quantitative estimate of drug-likeness (QED) is 0.725. The van der Waals surface area contributed by atoms with E-state index >= 15 is 0 Å². The van der Waals surface area contributed by atoms with Crippen molar-refractivity contribution in [3.05, 3.63) is 51.5 Å². The number of aromatic hydroxyl groups is 1. The van der Waals surface area contributed by atoms with E-state index in [0.717, 1.165) is 5.56 Å². The van der Waals surface area contributed by atoms with Gasteiger partial charge in [-0.2, -0.15) is 5.11 Å². The van der Waals surface area contributed by atoms with Crippen molar-refractivity contribution in [3.8, 4) is 5.75 Å². The molecule has 0 heterocycles. The molecule has 0 aliphatic heterocycles. The fraction of sp³-hybridized carbons (Fsp3) is 0.0769. The van der Waals surface area contributed by atoms with E-state index in [1.54, 1.807) is 30.3 Å². The van der Waals surface area contributed by atoms with Gasteiger partial charge in [0, 0.05) is 5.02 Å². The maximum absolute atomic E-state index is 9.82. The molecule has 92 valence electrons. The minimum atomic E-state index is 0.0818. The summed E-state index contributed by atoms with van der Waals surface area (Å²) in [5.41, 5.74) is 2.10. The van der Waals surface area contributed by atoms with Crippen molar-refractivity contribution in [1.82, 2.24) is 0 Å². The minimum absolute atomic E-state index is 0.0818. The second kappa shape index (κ2) is 5.50. The van der Waals surface area contributed by atoms with E-state index in [9.17, 15) is 5.11 Å². The molecular formula is C13H10BrClN2O. The normalized spacial score (nSPS) is 11.1. The molecule has 2 aromatic rings. The first kappa shape index (κ1) is 13.1. The standard InChI is InChI=1S/C13H10BrClN2O/c1-8-6-11(14)13(18)12(7-8)17-16-10-4-2-9(15)3-5-10/h2-7,18H,1H3. The Morgan fingerprint density at radius 3 is 2.44 bits per heavy atom. The van der Waals surface area contributed by atoms with Gasteiger partial charge >= 0.3 is 0 Å². The largest absolute Gasteiger partial charge is 0.505 e. The fourth-order valence-electron chi connectivity index (χ4n) is 1.41. The lowest BCUT2D eigenvalue weighted by molar-refractivity contribution is 0.473. The molecule has 0 aromatic heterocycles. The first-order chi connectivity index (χ1) is 8.56. The number of rotatable bonds is 2. The van der Waals surface area contributed by atoms with Crippen LogP contribution in [0.1, 0.15) is 5.56 Å². The van der Waals surface area contributed by atoms with Crippen molar-refractivity contribution in [2.75, 3.05) is 0 Å². The Labute approximate surface area is 118 Å². The zero-order valence-corrected chi connectivity index (χ0v) is 11.9. The summed E-state index contributed by atoms with van der Waals surface area (Å²) < 4.78 is 0.604. The molecule has 0 aliphatic rings. The highest BCUT2D eigenvalue weighted by Gasteiger charge is 2.05. The van der Waals surface area contributed by atoms with Gasteiger partial charge in [0.1, 0.15) is 5.69 Å². The van der Waals surface area contributed by atoms with Gasteiger partial charge in [0.25, 0.3) is 0 Å². The molecule has 0 aliphatic carbocycles. The molecule has 0 saturated heterocycles. The minimum Gasteiger partial charge on any atom is -0.505 e. The van der Waals surface area contributed by atoms with E-state index in [1.165, 1.54) is 0 Å². The third-order valence-corrected chi connectivity index (χ3v) is 3.14. The maximum atomic E-state index is 9.82. The van der Waals surface area contributed by atoms with E-state index < -0.39 is 0 Å². The highest BCUT2D eigenvalue weighted by atomic mass is 79.9. The summed E-state index contributed by atoms with van der Waals surface area (Å²) in [5.74, 6) is 0.0818. The zero-order valence-electron chi connectivity index (χ0n) is 9.56. The lowest BCUT2D eigenvalue weighted by Gasteiger charge is -2.02. The van der Waals surface area contributed by atoms with E-state index in [-0.39, 0.29) is 5.75 Å². The average Bonchev–Trinajstić information content (AvgIpc) is 2.34. The summed E-state index contributed by atoms with van der Waals surface area (Å²) in [7, 11) is 0. The van der Waals surface area contributed by atoms with Gasteiger partial charge < -0.3 is 5.11 Å². The topological polar surface area (TPSA) is 45.0 Å². The Bertz CT molecular complexity index is 597. The average molecular weight is 326 g/mol. The summed E-state index contributed by atoms with van der Waals surface area (Å²) in [4.78, 5) is 0. The van der Waals surface area contributed by atoms with Gasteiger partial charge in [-0.1, -0.05) is 11.6 Å². The summed E-state index contributed by atoms with van der Waals surface area (Å²) in [6.45, 7) is 1.92. The number of hydrogen-bond acceptors (Lipinski definition) is 3. The molecule has 0 radical (unpaired) electrons. The summed E-state index contributed by atoms with van der Waals surface area (Å²) in [6.07, 6.45) is 0. The van der Waals surface area contributed by atoms with Crippen molar-refractivity contribution >= 4 is 38.9 Å². The van der Waals surface area contributed by atoms with Crippen LogP contribution in [0.25, 0.3) is 0 Å². The van der Waals surface area contributed by atoms with Crippen molar-refractivity contribution in [2.24, 2.45) is 10.2 Å². The Balaban J connectivity index is 2.31. The molecule has 1 N–H and O–H groups in total. The molecule has 2 rings (SSSR count). The van der Waals surface area contributed by atoms with Crippen LogP contribution in [-0.2, 0) is 0 Å². The molecule has 0 unspecified atom stereocenters. The lowest BCUT2D eigenvalue weighted by Crippen LogP contribution is -1.75. The Hall–Kier alpha value is -1.39. The van der Waals surface area contributed by atoms with E-state index in [4.69, 9.17) is 11.6 Å². The first-order valence-electron chi connectivity index (χ1n) is 5.22. The Morgan fingerprint density at radius 2 is 1.78 bits per heavy atom. The van der Waals surface area contributed by atoms with Crippen molar-refractivity contribution < 1.29 is 5.11 Å². The molecule has 0 fully saturated rings. The second-order valence-corrected chi connectivity index (χ2v) is 5.08. The number of halogens is 2. The molecule has 0 saturated carbocycles. The molecule has 0 spiro atoms. The predicted molar refractivity (Wildman–Crippen MR) is 76.2 cm³/mol. The van der Waals surface area contributed by atoms with Gasteiger partial charge in [0.2, 0.25) is 0 Å². The maximum Gasteiger partial charge on any atom is 0.157 e. The molecule has 0 amide bonds. The van der Waals surface area contributed by atoms with Gasteiger partial charge in [-0.3, -0.25) is 0 Å². The van der Waals surface area contributed by atoms with E-state index in [0.29, 0.717) is 20.9 Å². The van der Waals surface area contributed by atoms with Crippen molar-refractivity contribution in [2.45, 2.75) is 6.92 Å². The SMILES string of the molecule is Cc1cc(Br)c(O)c(N=Nc2ccc(Cl)cc2)c1. The van der Waals surface area contributed by atoms with Crippen LogP contribution in [0.15, 0.2) is 51.1 Å². The molecule has 0 atom stereocenters. The van der Waals surface area contributed by atoms with Crippen LogP contribution in [0.4, 0.5) is 11.4 Å². The molecule has 3 nitrogen and oxygen atoms in total. The Kier molecular flexibility index (Phi) is 3.99. The number of benzene rings is 2. The van der Waals surface area contributed by atoms with Gasteiger partial charge in [-0.05, 0) is 64.8 Å². The van der Waals surface area contributed by atoms with Crippen LogP contribution in [-0.4, -0.2) is 5.11 Å². The van der Waals surface area contributed by atoms with Crippen molar-refractivity contribution in [3.63, 3.8) is 0 Å². The van der Waals surface area contributed by atoms with Gasteiger partial charge in [0.05, 0.1) is 10.2 Å². The van der Waals surface area contributed by atoms with Gasteiger partial charge in [-0.25, -0.2) is 0 Å². The number of aryl methyl sites for hydroxylation is 1. The van der Waals surface area contributed by atoms with Crippen LogP contribution in [0.3, 0.4) is 0 Å². The number of phenols is 1. The predicted octanol–water partition coefficient (Wildman–Crippen LogP) is 5.53. The second-order valence-electron chi connectivity index (χ2n) is 3.79. The molecular weight excluding hydrogens is 316 g/mol. The number of phenolic OH excluding ortho intramolecular Hbond substituents is 1. The summed E-state index contributed by atoms with van der Waals surface area (Å²) in [6, 6.07) is 10.6. The van der Waals surface area contributed by atoms with E-state index in [2.05, 4.69) is 26.2 Å². The zero-order chi connectivity index (χ0) is 13.1. The Morgan fingerprint density at radius 1 is 1.11 bits per heavy atom. The van der Waals surface area contributed by atoms with E-state index in [1.807, 2.05) is 13.0 Å². The smallest absolute Gasteiger partial charge is 0.157 e. The number of azo groups is 1. The summed E-state index contributed by atoms with van der Waals surface area (Å²) in [5, 5.41) is 18.5.